The molecule has 6 nitrogen and oxygen atoms in total. The number of hydrogen-bond donors (Lipinski definition) is 1. The first kappa shape index (κ1) is 23.8. The third kappa shape index (κ3) is 7.03. The minimum absolute atomic E-state index is 0. The Balaban J connectivity index is 0.00000364. The van der Waals surface area contributed by atoms with Crippen LogP contribution in [0.25, 0.3) is 0 Å². The molecule has 27 heavy (non-hydrogen) atoms. The number of hydrogen-bond acceptors (Lipinski definition) is 3. The van der Waals surface area contributed by atoms with Crippen molar-refractivity contribution < 1.29 is 4.79 Å². The Morgan fingerprint density at radius 3 is 2.52 bits per heavy atom. The number of carbonyl (C=O) groups excluding carboxylic acids is 1. The summed E-state index contributed by atoms with van der Waals surface area (Å²) in [5.74, 6) is 0.993. The van der Waals surface area contributed by atoms with Crippen molar-refractivity contribution in [2.75, 3.05) is 58.3 Å². The number of rotatable bonds is 5. The fraction of sp³-hybridized carbons (Fsp3) is 0.579. The lowest BCUT2D eigenvalue weighted by Crippen LogP contribution is -2.52. The lowest BCUT2D eigenvalue weighted by Gasteiger charge is -2.38. The van der Waals surface area contributed by atoms with Crippen LogP contribution >= 0.6 is 35.6 Å². The number of guanidine groups is 1. The van der Waals surface area contributed by atoms with Gasteiger partial charge >= 0.3 is 0 Å². The summed E-state index contributed by atoms with van der Waals surface area (Å²) in [5.41, 5.74) is 2.45. The molecule has 0 radical (unpaired) electrons. The predicted molar refractivity (Wildman–Crippen MR) is 125 cm³/mol. The minimum atomic E-state index is 0. The zero-order valence-corrected chi connectivity index (χ0v) is 19.8. The third-order valence-electron chi connectivity index (χ3n) is 4.51. The van der Waals surface area contributed by atoms with Gasteiger partial charge < -0.3 is 20.0 Å². The average molecular weight is 508 g/mol. The van der Waals surface area contributed by atoms with Crippen LogP contribution in [0.1, 0.15) is 18.9 Å². The van der Waals surface area contributed by atoms with Gasteiger partial charge in [0.2, 0.25) is 5.91 Å². The van der Waals surface area contributed by atoms with Crippen LogP contribution in [0.3, 0.4) is 0 Å². The predicted octanol–water partition coefficient (Wildman–Crippen LogP) is 2.83. The van der Waals surface area contributed by atoms with E-state index >= 15 is 0 Å². The second kappa shape index (κ2) is 11.6. The summed E-state index contributed by atoms with van der Waals surface area (Å²) in [4.78, 5) is 22.6. The van der Waals surface area contributed by atoms with E-state index in [-0.39, 0.29) is 29.9 Å². The molecule has 1 aromatic carbocycles. The van der Waals surface area contributed by atoms with Crippen LogP contribution in [0.15, 0.2) is 23.2 Å². The fourth-order valence-electron chi connectivity index (χ4n) is 2.99. The fourth-order valence-corrected chi connectivity index (χ4v) is 3.16. The molecule has 0 aliphatic carbocycles. The van der Waals surface area contributed by atoms with E-state index in [4.69, 9.17) is 11.6 Å². The quantitative estimate of drug-likeness (QED) is 0.378. The van der Waals surface area contributed by atoms with Gasteiger partial charge in [0.25, 0.3) is 0 Å². The maximum absolute atomic E-state index is 11.7. The SMILES string of the molecule is CCNC(=NCCC(=O)N(C)C)N1CCN(c2cc(Cl)ccc2C)CC1.I. The zero-order valence-electron chi connectivity index (χ0n) is 16.7. The van der Waals surface area contributed by atoms with Gasteiger partial charge in [-0.2, -0.15) is 0 Å². The number of aryl methyl sites for hydroxylation is 1. The number of piperazine rings is 1. The van der Waals surface area contributed by atoms with Crippen LogP contribution in [0.2, 0.25) is 5.02 Å². The molecule has 2 rings (SSSR count). The molecule has 0 unspecified atom stereocenters. The van der Waals surface area contributed by atoms with Gasteiger partial charge in [0, 0.05) is 63.9 Å². The van der Waals surface area contributed by atoms with Gasteiger partial charge in [-0.3, -0.25) is 9.79 Å². The van der Waals surface area contributed by atoms with Crippen molar-refractivity contribution in [3.63, 3.8) is 0 Å². The standard InChI is InChI=1S/C19H30ClN5O.HI/c1-5-21-19(22-9-8-18(26)23(3)4)25-12-10-24(11-13-25)17-14-16(20)7-6-15(17)2;/h6-7,14H,5,8-13H2,1-4H3,(H,21,22);1H. The van der Waals surface area contributed by atoms with E-state index in [9.17, 15) is 4.79 Å². The Kier molecular flexibility index (Phi) is 10.2. The van der Waals surface area contributed by atoms with Crippen molar-refractivity contribution >= 4 is 53.1 Å². The highest BCUT2D eigenvalue weighted by Crippen LogP contribution is 2.25. The maximum atomic E-state index is 11.7. The number of halogens is 2. The Morgan fingerprint density at radius 1 is 1.26 bits per heavy atom. The zero-order chi connectivity index (χ0) is 19.1. The van der Waals surface area contributed by atoms with Crippen LogP contribution in [-0.4, -0.2) is 75.0 Å². The number of anilines is 1. The molecule has 1 heterocycles. The molecule has 0 spiro atoms. The minimum Gasteiger partial charge on any atom is -0.368 e. The van der Waals surface area contributed by atoms with E-state index in [0.29, 0.717) is 13.0 Å². The van der Waals surface area contributed by atoms with E-state index in [2.05, 4.69) is 40.0 Å². The van der Waals surface area contributed by atoms with Gasteiger partial charge in [0.05, 0.1) is 6.54 Å². The Bertz CT molecular complexity index is 645. The summed E-state index contributed by atoms with van der Waals surface area (Å²) in [7, 11) is 3.54. The molecule has 1 aliphatic heterocycles. The van der Waals surface area contributed by atoms with Crippen LogP contribution in [-0.2, 0) is 4.79 Å². The smallest absolute Gasteiger partial charge is 0.223 e. The largest absolute Gasteiger partial charge is 0.368 e. The topological polar surface area (TPSA) is 51.2 Å². The Morgan fingerprint density at radius 2 is 1.93 bits per heavy atom. The van der Waals surface area contributed by atoms with Crippen molar-refractivity contribution in [2.45, 2.75) is 20.3 Å². The molecule has 1 amide bonds. The van der Waals surface area contributed by atoms with Gasteiger partial charge in [-0.15, -0.1) is 24.0 Å². The third-order valence-corrected chi connectivity index (χ3v) is 4.75. The van der Waals surface area contributed by atoms with Crippen LogP contribution in [0, 0.1) is 6.92 Å². The van der Waals surface area contributed by atoms with Gasteiger partial charge in [-0.05, 0) is 31.5 Å². The monoisotopic (exact) mass is 507 g/mol. The van der Waals surface area contributed by atoms with E-state index in [0.717, 1.165) is 43.7 Å². The first-order valence-electron chi connectivity index (χ1n) is 9.17. The molecule has 8 heteroatoms. The first-order valence-corrected chi connectivity index (χ1v) is 9.54. The van der Waals surface area contributed by atoms with Crippen LogP contribution in [0.4, 0.5) is 5.69 Å². The van der Waals surface area contributed by atoms with E-state index in [1.165, 1.54) is 11.3 Å². The van der Waals surface area contributed by atoms with Gasteiger partial charge in [-0.25, -0.2) is 0 Å². The lowest BCUT2D eigenvalue weighted by atomic mass is 10.1. The van der Waals surface area contributed by atoms with Crippen molar-refractivity contribution in [1.82, 2.24) is 15.1 Å². The van der Waals surface area contributed by atoms with Gasteiger partial charge in [-0.1, -0.05) is 17.7 Å². The van der Waals surface area contributed by atoms with E-state index < -0.39 is 0 Å². The van der Waals surface area contributed by atoms with Crippen LogP contribution < -0.4 is 10.2 Å². The Labute approximate surface area is 185 Å². The van der Waals surface area contributed by atoms with E-state index in [1.54, 1.807) is 19.0 Å². The molecule has 0 bridgehead atoms. The maximum Gasteiger partial charge on any atom is 0.223 e. The highest BCUT2D eigenvalue weighted by Gasteiger charge is 2.21. The molecule has 0 saturated carbocycles. The summed E-state index contributed by atoms with van der Waals surface area (Å²) in [5, 5.41) is 4.11. The van der Waals surface area contributed by atoms with Gasteiger partial charge in [0.15, 0.2) is 5.96 Å². The molecule has 1 aliphatic rings. The molecule has 152 valence electrons. The van der Waals surface area contributed by atoms with Crippen molar-refractivity contribution in [2.24, 2.45) is 4.99 Å². The molecule has 0 atom stereocenters. The number of aliphatic imine (C=N–C) groups is 1. The van der Waals surface area contributed by atoms with Crippen molar-refractivity contribution in [3.8, 4) is 0 Å². The number of nitrogens with zero attached hydrogens (tertiary/aromatic N) is 4. The highest BCUT2D eigenvalue weighted by molar-refractivity contribution is 14.0. The molecular formula is C19H31ClIN5O. The van der Waals surface area contributed by atoms with Crippen LogP contribution in [0.5, 0.6) is 0 Å². The lowest BCUT2D eigenvalue weighted by molar-refractivity contribution is -0.128. The average Bonchev–Trinajstić information content (AvgIpc) is 2.63. The summed E-state index contributed by atoms with van der Waals surface area (Å²) < 4.78 is 0. The molecular weight excluding hydrogens is 477 g/mol. The number of amides is 1. The number of nitrogens with one attached hydrogen (secondary N) is 1. The summed E-state index contributed by atoms with van der Waals surface area (Å²) >= 11 is 6.16. The number of carbonyl (C=O) groups is 1. The van der Waals surface area contributed by atoms with Crippen molar-refractivity contribution in [1.29, 1.82) is 0 Å². The highest BCUT2D eigenvalue weighted by atomic mass is 127. The normalized spacial score (nSPS) is 14.6. The summed E-state index contributed by atoms with van der Waals surface area (Å²) in [6.45, 7) is 9.11. The van der Waals surface area contributed by atoms with Gasteiger partial charge in [0.1, 0.15) is 0 Å². The molecule has 1 aromatic rings. The second-order valence-corrected chi connectivity index (χ2v) is 7.12. The Hall–Kier alpha value is -1.22. The molecule has 1 N–H and O–H groups in total. The van der Waals surface area contributed by atoms with Crippen molar-refractivity contribution in [3.05, 3.63) is 28.8 Å². The van der Waals surface area contributed by atoms with E-state index in [1.807, 2.05) is 12.1 Å². The summed E-state index contributed by atoms with van der Waals surface area (Å²) in [6.07, 6.45) is 0.434. The number of benzene rings is 1. The summed E-state index contributed by atoms with van der Waals surface area (Å²) in [6, 6.07) is 6.04. The molecule has 0 aromatic heterocycles. The first-order chi connectivity index (χ1) is 12.4. The molecule has 1 fully saturated rings. The molecule has 1 saturated heterocycles. The second-order valence-electron chi connectivity index (χ2n) is 6.68.